The smallest absolute Gasteiger partial charge is 0.135 e. The van der Waals surface area contributed by atoms with Crippen LogP contribution in [0.2, 0.25) is 0 Å². The molecule has 0 amide bonds. The summed E-state index contributed by atoms with van der Waals surface area (Å²) in [7, 11) is 0. The van der Waals surface area contributed by atoms with Crippen LogP contribution in [0.25, 0.3) is 11.1 Å². The molecule has 2 heteroatoms. The van der Waals surface area contributed by atoms with Gasteiger partial charge in [-0.1, -0.05) is 48.5 Å². The molecule has 104 valence electrons. The molecule has 0 aromatic heterocycles. The molecule has 0 aliphatic rings. The number of hydrogen-bond acceptors (Lipinski definition) is 2. The van der Waals surface area contributed by atoms with Gasteiger partial charge in [0.15, 0.2) is 0 Å². The van der Waals surface area contributed by atoms with E-state index in [4.69, 9.17) is 10.5 Å². The fraction of sp³-hybridized carbons (Fsp3) is 0.0526. The van der Waals surface area contributed by atoms with E-state index in [1.54, 1.807) is 0 Å². The molecule has 3 aromatic carbocycles. The minimum Gasteiger partial charge on any atom is -0.456 e. The van der Waals surface area contributed by atoms with Gasteiger partial charge in [-0.25, -0.2) is 0 Å². The maximum Gasteiger partial charge on any atom is 0.135 e. The lowest BCUT2D eigenvalue weighted by molar-refractivity contribution is 0.481. The predicted octanol–water partition coefficient (Wildman–Crippen LogP) is 5.04. The van der Waals surface area contributed by atoms with Crippen molar-refractivity contribution in [3.8, 4) is 22.6 Å². The molecule has 2 nitrogen and oxygen atoms in total. The second kappa shape index (κ2) is 5.71. The topological polar surface area (TPSA) is 35.2 Å². The van der Waals surface area contributed by atoms with Crippen LogP contribution < -0.4 is 10.5 Å². The van der Waals surface area contributed by atoms with E-state index in [1.165, 1.54) is 0 Å². The highest BCUT2D eigenvalue weighted by Crippen LogP contribution is 2.34. The molecule has 21 heavy (non-hydrogen) atoms. The molecule has 0 radical (unpaired) electrons. The Hall–Kier alpha value is -2.74. The predicted molar refractivity (Wildman–Crippen MR) is 87.5 cm³/mol. The molecule has 0 fully saturated rings. The molecule has 0 aliphatic heterocycles. The van der Waals surface area contributed by atoms with Crippen molar-refractivity contribution in [3.63, 3.8) is 0 Å². The van der Waals surface area contributed by atoms with Crippen molar-refractivity contribution in [2.24, 2.45) is 0 Å². The summed E-state index contributed by atoms with van der Waals surface area (Å²) in [6, 6.07) is 24.0. The van der Waals surface area contributed by atoms with Crippen LogP contribution in [0.1, 0.15) is 5.56 Å². The van der Waals surface area contributed by atoms with Crippen LogP contribution >= 0.6 is 0 Å². The normalized spacial score (nSPS) is 10.3. The van der Waals surface area contributed by atoms with E-state index in [0.717, 1.165) is 33.9 Å². The number of para-hydroxylation sites is 1. The summed E-state index contributed by atoms with van der Waals surface area (Å²) in [6.07, 6.45) is 0. The number of nitrogen functional groups attached to an aromatic ring is 1. The molecular weight excluding hydrogens is 258 g/mol. The minimum atomic E-state index is 0.746. The molecule has 0 saturated carbocycles. The van der Waals surface area contributed by atoms with Crippen LogP contribution in [0, 0.1) is 6.92 Å². The van der Waals surface area contributed by atoms with Gasteiger partial charge >= 0.3 is 0 Å². The van der Waals surface area contributed by atoms with Gasteiger partial charge in [-0.15, -0.1) is 0 Å². The number of ether oxygens (including phenoxy) is 1. The van der Waals surface area contributed by atoms with E-state index >= 15 is 0 Å². The minimum absolute atomic E-state index is 0.746. The Morgan fingerprint density at radius 3 is 2.24 bits per heavy atom. The highest BCUT2D eigenvalue weighted by molar-refractivity contribution is 5.70. The van der Waals surface area contributed by atoms with Gasteiger partial charge in [0.25, 0.3) is 0 Å². The molecule has 0 heterocycles. The molecule has 0 unspecified atom stereocenters. The van der Waals surface area contributed by atoms with Crippen molar-refractivity contribution in [1.29, 1.82) is 0 Å². The van der Waals surface area contributed by atoms with E-state index in [-0.39, 0.29) is 0 Å². The maximum absolute atomic E-state index is 6.09. The summed E-state index contributed by atoms with van der Waals surface area (Å²) in [5.74, 6) is 1.67. The Labute approximate surface area is 124 Å². The fourth-order valence-electron chi connectivity index (χ4n) is 2.32. The van der Waals surface area contributed by atoms with Crippen molar-refractivity contribution >= 4 is 5.69 Å². The lowest BCUT2D eigenvalue weighted by Gasteiger charge is -2.13. The van der Waals surface area contributed by atoms with Gasteiger partial charge in [0.2, 0.25) is 0 Å². The van der Waals surface area contributed by atoms with Crippen LogP contribution in [0.3, 0.4) is 0 Å². The van der Waals surface area contributed by atoms with Crippen molar-refractivity contribution in [2.45, 2.75) is 6.92 Å². The highest BCUT2D eigenvalue weighted by Gasteiger charge is 2.08. The molecule has 0 bridgehead atoms. The summed E-state index contributed by atoms with van der Waals surface area (Å²) in [4.78, 5) is 0. The fourth-order valence-corrected chi connectivity index (χ4v) is 2.32. The Morgan fingerprint density at radius 1 is 0.762 bits per heavy atom. The Balaban J connectivity index is 2.00. The van der Waals surface area contributed by atoms with Gasteiger partial charge in [-0.3, -0.25) is 0 Å². The second-order valence-corrected chi connectivity index (χ2v) is 4.99. The third kappa shape index (κ3) is 2.90. The van der Waals surface area contributed by atoms with Gasteiger partial charge in [-0.2, -0.15) is 0 Å². The Kier molecular flexibility index (Phi) is 3.61. The summed E-state index contributed by atoms with van der Waals surface area (Å²) in [5, 5.41) is 0. The zero-order valence-electron chi connectivity index (χ0n) is 11.9. The van der Waals surface area contributed by atoms with Crippen LogP contribution in [-0.2, 0) is 0 Å². The van der Waals surface area contributed by atoms with E-state index in [1.807, 2.05) is 61.5 Å². The monoisotopic (exact) mass is 275 g/mol. The molecule has 3 rings (SSSR count). The first-order chi connectivity index (χ1) is 10.2. The zero-order valence-corrected chi connectivity index (χ0v) is 11.9. The molecular formula is C19H17NO. The quantitative estimate of drug-likeness (QED) is 0.680. The zero-order chi connectivity index (χ0) is 14.7. The number of hydrogen-bond donors (Lipinski definition) is 1. The van der Waals surface area contributed by atoms with Crippen LogP contribution in [0.4, 0.5) is 5.69 Å². The molecule has 0 atom stereocenters. The summed E-state index contributed by atoms with van der Waals surface area (Å²) in [5.41, 5.74) is 9.78. The summed E-state index contributed by atoms with van der Waals surface area (Å²) < 4.78 is 6.09. The molecule has 3 aromatic rings. The number of nitrogens with two attached hydrogens (primary N) is 1. The van der Waals surface area contributed by atoms with E-state index in [2.05, 4.69) is 18.2 Å². The van der Waals surface area contributed by atoms with Gasteiger partial charge in [0.1, 0.15) is 11.5 Å². The standard InChI is InChI=1S/C19H17NO/c1-14-13-16(20)11-12-18(14)21-19-10-6-5-9-17(19)15-7-3-2-4-8-15/h2-13H,20H2,1H3. The molecule has 0 saturated heterocycles. The van der Waals surface area contributed by atoms with Crippen LogP contribution in [0.15, 0.2) is 72.8 Å². The van der Waals surface area contributed by atoms with Crippen molar-refractivity contribution in [2.75, 3.05) is 5.73 Å². The van der Waals surface area contributed by atoms with Crippen LogP contribution in [-0.4, -0.2) is 0 Å². The van der Waals surface area contributed by atoms with Gasteiger partial charge < -0.3 is 10.5 Å². The number of benzene rings is 3. The van der Waals surface area contributed by atoms with Gasteiger partial charge in [-0.05, 0) is 42.3 Å². The first-order valence-electron chi connectivity index (χ1n) is 6.92. The van der Waals surface area contributed by atoms with Gasteiger partial charge in [0.05, 0.1) is 0 Å². The van der Waals surface area contributed by atoms with Gasteiger partial charge in [0, 0.05) is 11.3 Å². The molecule has 0 spiro atoms. The second-order valence-electron chi connectivity index (χ2n) is 4.99. The van der Waals surface area contributed by atoms with Crippen LogP contribution in [0.5, 0.6) is 11.5 Å². The first kappa shape index (κ1) is 13.3. The number of anilines is 1. The van der Waals surface area contributed by atoms with Crippen molar-refractivity contribution in [1.82, 2.24) is 0 Å². The van der Waals surface area contributed by atoms with E-state index in [9.17, 15) is 0 Å². The lowest BCUT2D eigenvalue weighted by atomic mass is 10.0. The first-order valence-corrected chi connectivity index (χ1v) is 6.92. The molecule has 0 aliphatic carbocycles. The third-order valence-corrected chi connectivity index (χ3v) is 3.39. The largest absolute Gasteiger partial charge is 0.456 e. The van der Waals surface area contributed by atoms with E-state index < -0.39 is 0 Å². The van der Waals surface area contributed by atoms with Crippen molar-refractivity contribution < 1.29 is 4.74 Å². The summed E-state index contributed by atoms with van der Waals surface area (Å²) >= 11 is 0. The average Bonchev–Trinajstić information content (AvgIpc) is 2.51. The average molecular weight is 275 g/mol. The van der Waals surface area contributed by atoms with E-state index in [0.29, 0.717) is 0 Å². The summed E-state index contributed by atoms with van der Waals surface area (Å²) in [6.45, 7) is 2.00. The molecule has 2 N–H and O–H groups in total. The number of rotatable bonds is 3. The maximum atomic E-state index is 6.09. The van der Waals surface area contributed by atoms with Crippen molar-refractivity contribution in [3.05, 3.63) is 78.4 Å². The highest BCUT2D eigenvalue weighted by atomic mass is 16.5. The number of aryl methyl sites for hydroxylation is 1. The third-order valence-electron chi connectivity index (χ3n) is 3.39. The SMILES string of the molecule is Cc1cc(N)ccc1Oc1ccccc1-c1ccccc1. The lowest BCUT2D eigenvalue weighted by Crippen LogP contribution is -1.92. The Bertz CT molecular complexity index is 751. The Morgan fingerprint density at radius 2 is 1.48 bits per heavy atom.